The molecule has 1 rings (SSSR count). The predicted octanol–water partition coefficient (Wildman–Crippen LogP) is 2.02. The van der Waals surface area contributed by atoms with E-state index >= 15 is 0 Å². The summed E-state index contributed by atoms with van der Waals surface area (Å²) >= 11 is 0. The van der Waals surface area contributed by atoms with Gasteiger partial charge in [-0.1, -0.05) is 30.3 Å². The molecular formula is C16H25N3O4. The maximum Gasteiger partial charge on any atom is 0.410 e. The summed E-state index contributed by atoms with van der Waals surface area (Å²) in [5.41, 5.74) is 6.40. The fourth-order valence-corrected chi connectivity index (χ4v) is 2.02. The summed E-state index contributed by atoms with van der Waals surface area (Å²) in [6, 6.07) is 9.46. The highest BCUT2D eigenvalue weighted by atomic mass is 16.6. The van der Waals surface area contributed by atoms with Gasteiger partial charge in [0, 0.05) is 19.6 Å². The number of rotatable bonds is 10. The molecule has 7 heteroatoms. The van der Waals surface area contributed by atoms with Crippen molar-refractivity contribution < 1.29 is 19.4 Å². The van der Waals surface area contributed by atoms with Gasteiger partial charge in [-0.3, -0.25) is 0 Å². The molecule has 4 N–H and O–H groups in total. The van der Waals surface area contributed by atoms with Gasteiger partial charge >= 0.3 is 12.2 Å². The smallest absolute Gasteiger partial charge is 0.410 e. The maximum absolute atomic E-state index is 12.2. The second kappa shape index (κ2) is 11.3. The van der Waals surface area contributed by atoms with Gasteiger partial charge in [-0.05, 0) is 31.4 Å². The van der Waals surface area contributed by atoms with E-state index in [9.17, 15) is 9.59 Å². The molecule has 0 aromatic heterocycles. The lowest BCUT2D eigenvalue weighted by Gasteiger charge is -2.22. The third-order valence-electron chi connectivity index (χ3n) is 3.23. The number of carbonyl (C=O) groups is 2. The number of nitrogens with zero attached hydrogens (tertiary/aromatic N) is 1. The zero-order valence-corrected chi connectivity index (χ0v) is 13.2. The van der Waals surface area contributed by atoms with Crippen LogP contribution in [0.1, 0.15) is 24.8 Å². The molecular weight excluding hydrogens is 298 g/mol. The van der Waals surface area contributed by atoms with E-state index in [-0.39, 0.29) is 12.7 Å². The number of ether oxygens (including phenoxy) is 1. The van der Waals surface area contributed by atoms with E-state index in [0.717, 1.165) is 18.4 Å². The van der Waals surface area contributed by atoms with Gasteiger partial charge in [0.15, 0.2) is 0 Å². The Bertz CT molecular complexity index is 468. The van der Waals surface area contributed by atoms with Crippen LogP contribution in [0.4, 0.5) is 9.59 Å². The van der Waals surface area contributed by atoms with Crippen LogP contribution in [0, 0.1) is 0 Å². The summed E-state index contributed by atoms with van der Waals surface area (Å²) in [5.74, 6) is 0. The largest absolute Gasteiger partial charge is 0.465 e. The minimum atomic E-state index is -1.06. The van der Waals surface area contributed by atoms with Gasteiger partial charge in [0.05, 0.1) is 0 Å². The number of hydrogen-bond donors (Lipinski definition) is 3. The fraction of sp³-hybridized carbons (Fsp3) is 0.500. The SMILES string of the molecule is NCCCCN(CCCNC(=O)O)C(=O)OCc1ccccc1. The number of amides is 2. The van der Waals surface area contributed by atoms with Crippen LogP contribution in [-0.2, 0) is 11.3 Å². The van der Waals surface area contributed by atoms with Crippen molar-refractivity contribution in [3.05, 3.63) is 35.9 Å². The van der Waals surface area contributed by atoms with E-state index in [2.05, 4.69) is 5.32 Å². The van der Waals surface area contributed by atoms with Gasteiger partial charge in [0.1, 0.15) is 6.61 Å². The van der Waals surface area contributed by atoms with Crippen LogP contribution in [0.15, 0.2) is 30.3 Å². The molecule has 0 saturated heterocycles. The van der Waals surface area contributed by atoms with Crippen LogP contribution in [0.5, 0.6) is 0 Å². The highest BCUT2D eigenvalue weighted by Gasteiger charge is 2.14. The Balaban J connectivity index is 2.41. The Morgan fingerprint density at radius 3 is 2.48 bits per heavy atom. The molecule has 7 nitrogen and oxygen atoms in total. The topological polar surface area (TPSA) is 105 Å². The van der Waals surface area contributed by atoms with Crippen molar-refractivity contribution >= 4 is 12.2 Å². The highest BCUT2D eigenvalue weighted by Crippen LogP contribution is 2.05. The van der Waals surface area contributed by atoms with Gasteiger partial charge in [0.2, 0.25) is 0 Å². The minimum absolute atomic E-state index is 0.223. The summed E-state index contributed by atoms with van der Waals surface area (Å²) in [6.07, 6.45) is 0.710. The molecule has 0 bridgehead atoms. The number of carboxylic acid groups (broad SMARTS) is 1. The van der Waals surface area contributed by atoms with Crippen molar-refractivity contribution in [2.24, 2.45) is 5.73 Å². The number of nitrogens with one attached hydrogen (secondary N) is 1. The number of carbonyl (C=O) groups excluding carboxylic acids is 1. The van der Waals surface area contributed by atoms with Gasteiger partial charge in [0.25, 0.3) is 0 Å². The zero-order valence-electron chi connectivity index (χ0n) is 13.2. The first kappa shape index (κ1) is 18.8. The normalized spacial score (nSPS) is 10.1. The van der Waals surface area contributed by atoms with E-state index in [4.69, 9.17) is 15.6 Å². The molecule has 128 valence electrons. The first-order valence-corrected chi connectivity index (χ1v) is 7.76. The molecule has 0 radical (unpaired) electrons. The van der Waals surface area contributed by atoms with Crippen molar-refractivity contribution in [2.75, 3.05) is 26.2 Å². The Morgan fingerprint density at radius 1 is 1.13 bits per heavy atom. The van der Waals surface area contributed by atoms with Crippen LogP contribution in [-0.4, -0.2) is 48.4 Å². The average Bonchev–Trinajstić information content (AvgIpc) is 2.55. The summed E-state index contributed by atoms with van der Waals surface area (Å²) < 4.78 is 5.32. The number of benzene rings is 1. The Kier molecular flexibility index (Phi) is 9.23. The van der Waals surface area contributed by atoms with Crippen molar-refractivity contribution in [3.63, 3.8) is 0 Å². The number of unbranched alkanes of at least 4 members (excludes halogenated alkanes) is 1. The highest BCUT2D eigenvalue weighted by molar-refractivity contribution is 5.67. The first-order chi connectivity index (χ1) is 11.1. The average molecular weight is 323 g/mol. The monoisotopic (exact) mass is 323 g/mol. The Morgan fingerprint density at radius 2 is 1.83 bits per heavy atom. The van der Waals surface area contributed by atoms with Crippen molar-refractivity contribution in [1.29, 1.82) is 0 Å². The van der Waals surface area contributed by atoms with Gasteiger partial charge in [-0.15, -0.1) is 0 Å². The molecule has 0 saturated carbocycles. The zero-order chi connectivity index (χ0) is 16.9. The van der Waals surface area contributed by atoms with E-state index in [1.54, 1.807) is 4.90 Å². The second-order valence-corrected chi connectivity index (χ2v) is 5.11. The van der Waals surface area contributed by atoms with Crippen LogP contribution >= 0.6 is 0 Å². The fourth-order valence-electron chi connectivity index (χ4n) is 2.02. The molecule has 1 aromatic rings. The number of nitrogens with two attached hydrogens (primary N) is 1. The standard InChI is InChI=1S/C16H25N3O4/c17-9-4-5-11-19(12-6-10-18-15(20)21)16(22)23-13-14-7-2-1-3-8-14/h1-3,7-8,18H,4-6,9-13,17H2,(H,20,21). The van der Waals surface area contributed by atoms with Crippen molar-refractivity contribution in [3.8, 4) is 0 Å². The molecule has 0 aliphatic carbocycles. The van der Waals surface area contributed by atoms with Crippen LogP contribution in [0.3, 0.4) is 0 Å². The maximum atomic E-state index is 12.2. The third kappa shape index (κ3) is 8.67. The molecule has 0 aliphatic rings. The molecule has 0 aliphatic heterocycles. The lowest BCUT2D eigenvalue weighted by Crippen LogP contribution is -2.35. The summed E-state index contributed by atoms with van der Waals surface area (Å²) in [6.45, 7) is 2.10. The number of hydrogen-bond acceptors (Lipinski definition) is 4. The summed E-state index contributed by atoms with van der Waals surface area (Å²) in [7, 11) is 0. The molecule has 0 unspecified atom stereocenters. The first-order valence-electron chi connectivity index (χ1n) is 7.76. The molecule has 0 atom stereocenters. The minimum Gasteiger partial charge on any atom is -0.465 e. The molecule has 0 heterocycles. The van der Waals surface area contributed by atoms with E-state index < -0.39 is 6.09 Å². The summed E-state index contributed by atoms with van der Waals surface area (Å²) in [4.78, 5) is 24.2. The lowest BCUT2D eigenvalue weighted by molar-refractivity contribution is 0.0951. The van der Waals surface area contributed by atoms with Gasteiger partial charge < -0.3 is 25.8 Å². The van der Waals surface area contributed by atoms with Gasteiger partial charge in [-0.25, -0.2) is 9.59 Å². The van der Waals surface area contributed by atoms with Crippen molar-refractivity contribution in [2.45, 2.75) is 25.9 Å². The van der Waals surface area contributed by atoms with Crippen molar-refractivity contribution in [1.82, 2.24) is 10.2 Å². The summed E-state index contributed by atoms with van der Waals surface area (Å²) in [5, 5.41) is 10.8. The molecule has 0 spiro atoms. The Labute approximate surface area is 136 Å². The molecule has 2 amide bonds. The van der Waals surface area contributed by atoms with Gasteiger partial charge in [-0.2, -0.15) is 0 Å². The van der Waals surface area contributed by atoms with E-state index in [1.807, 2.05) is 30.3 Å². The van der Waals surface area contributed by atoms with E-state index in [1.165, 1.54) is 0 Å². The molecule has 23 heavy (non-hydrogen) atoms. The van der Waals surface area contributed by atoms with Crippen LogP contribution < -0.4 is 11.1 Å². The van der Waals surface area contributed by atoms with Crippen LogP contribution in [0.25, 0.3) is 0 Å². The quantitative estimate of drug-likeness (QED) is 0.571. The second-order valence-electron chi connectivity index (χ2n) is 5.11. The van der Waals surface area contributed by atoms with Crippen LogP contribution in [0.2, 0.25) is 0 Å². The lowest BCUT2D eigenvalue weighted by atomic mass is 10.2. The Hall–Kier alpha value is -2.28. The van der Waals surface area contributed by atoms with E-state index in [0.29, 0.717) is 32.6 Å². The third-order valence-corrected chi connectivity index (χ3v) is 3.23. The molecule has 1 aromatic carbocycles. The predicted molar refractivity (Wildman–Crippen MR) is 87.1 cm³/mol. The molecule has 0 fully saturated rings.